The molecule has 2 aromatic rings. The van der Waals surface area contributed by atoms with Crippen LogP contribution in [0.25, 0.3) is 10.6 Å². The molecule has 1 saturated heterocycles. The molecule has 1 aliphatic heterocycles. The molecule has 1 aromatic heterocycles. The van der Waals surface area contributed by atoms with Gasteiger partial charge in [-0.25, -0.2) is 9.18 Å². The predicted octanol–water partition coefficient (Wildman–Crippen LogP) is 3.78. The molecule has 0 bridgehead atoms. The first kappa shape index (κ1) is 20.1. The molecule has 0 unspecified atom stereocenters. The van der Waals surface area contributed by atoms with E-state index in [0.29, 0.717) is 27.2 Å². The summed E-state index contributed by atoms with van der Waals surface area (Å²) in [6.45, 7) is 5.41. The number of carbonyl (C=O) groups excluding carboxylic acids is 2. The Hall–Kier alpha value is -2.68. The fourth-order valence-corrected chi connectivity index (χ4v) is 3.74. The Kier molecular flexibility index (Phi) is 5.83. The third-order valence-corrected chi connectivity index (χ3v) is 4.93. The van der Waals surface area contributed by atoms with Crippen molar-refractivity contribution in [1.29, 1.82) is 0 Å². The van der Waals surface area contributed by atoms with Gasteiger partial charge in [-0.3, -0.25) is 9.69 Å². The van der Waals surface area contributed by atoms with E-state index in [1.165, 1.54) is 17.9 Å². The van der Waals surface area contributed by atoms with Gasteiger partial charge >= 0.3 is 6.09 Å². The summed E-state index contributed by atoms with van der Waals surface area (Å²) in [5.41, 5.74) is 2.20. The smallest absolute Gasteiger partial charge is 0.414 e. The lowest BCUT2D eigenvalue weighted by Crippen LogP contribution is -2.33. The zero-order chi connectivity index (χ0) is 20.4. The van der Waals surface area contributed by atoms with Crippen LogP contribution in [0.15, 0.2) is 22.7 Å². The first-order chi connectivity index (χ1) is 13.3. The van der Waals surface area contributed by atoms with E-state index in [4.69, 9.17) is 9.26 Å². The van der Waals surface area contributed by atoms with Gasteiger partial charge in [0.15, 0.2) is 0 Å². The van der Waals surface area contributed by atoms with Crippen molar-refractivity contribution >= 4 is 44.2 Å². The van der Waals surface area contributed by atoms with Crippen molar-refractivity contribution in [3.05, 3.63) is 46.6 Å². The van der Waals surface area contributed by atoms with Gasteiger partial charge in [0.1, 0.15) is 17.7 Å². The first-order valence-electron chi connectivity index (χ1n) is 8.59. The highest BCUT2D eigenvalue weighted by Gasteiger charge is 2.32. The van der Waals surface area contributed by atoms with Gasteiger partial charge in [0, 0.05) is 17.0 Å². The number of carbonyl (C=O) groups is 2. The molecule has 0 aliphatic carbocycles. The maximum Gasteiger partial charge on any atom is 0.414 e. The summed E-state index contributed by atoms with van der Waals surface area (Å²) in [7, 11) is 0. The quantitative estimate of drug-likeness (QED) is 0.747. The molecule has 0 spiro atoms. The molecule has 7 nitrogen and oxygen atoms in total. The zero-order valence-electron chi connectivity index (χ0n) is 15.6. The highest BCUT2D eigenvalue weighted by molar-refractivity contribution is 9.15. The molecule has 1 aromatic carbocycles. The number of ether oxygens (including phenoxy) is 1. The van der Waals surface area contributed by atoms with E-state index in [1.807, 2.05) is 0 Å². The average Bonchev–Trinajstić information content (AvgIpc) is 3.16. The highest BCUT2D eigenvalue weighted by atomic mass is 79.9. The van der Waals surface area contributed by atoms with Crippen LogP contribution < -0.4 is 10.2 Å². The average molecular weight is 452 g/mol. The predicted molar refractivity (Wildman–Crippen MR) is 105 cm³/mol. The molecule has 148 valence electrons. The van der Waals surface area contributed by atoms with Gasteiger partial charge in [0.2, 0.25) is 5.91 Å². The van der Waals surface area contributed by atoms with Crippen LogP contribution in [0, 0.1) is 19.7 Å². The number of aromatic nitrogens is 1. The third kappa shape index (κ3) is 4.24. The third-order valence-electron chi connectivity index (χ3n) is 4.30. The lowest BCUT2D eigenvalue weighted by atomic mass is 10.1. The summed E-state index contributed by atoms with van der Waals surface area (Å²) < 4.78 is 25.6. The van der Waals surface area contributed by atoms with Crippen LogP contribution in [0.3, 0.4) is 0 Å². The zero-order valence-corrected chi connectivity index (χ0v) is 17.2. The van der Waals surface area contributed by atoms with Crippen molar-refractivity contribution in [2.45, 2.75) is 26.9 Å². The Morgan fingerprint density at radius 3 is 2.82 bits per heavy atom. The number of benzene rings is 1. The number of hydrogen-bond donors (Lipinski definition) is 1. The molecular formula is C19H19BrFN3O4. The number of rotatable bonds is 5. The maximum absolute atomic E-state index is 14.6. The fourth-order valence-electron chi connectivity index (χ4n) is 2.93. The van der Waals surface area contributed by atoms with Crippen LogP contribution >= 0.6 is 15.9 Å². The second-order valence-corrected chi connectivity index (χ2v) is 7.31. The molecule has 1 atom stereocenters. The van der Waals surface area contributed by atoms with E-state index >= 15 is 0 Å². The van der Waals surface area contributed by atoms with Crippen molar-refractivity contribution in [3.63, 3.8) is 0 Å². The molecule has 1 N–H and O–H groups in total. The maximum atomic E-state index is 14.6. The number of cyclic esters (lactones) is 1. The normalized spacial score (nSPS) is 17.0. The van der Waals surface area contributed by atoms with E-state index in [-0.39, 0.29) is 19.0 Å². The first-order valence-corrected chi connectivity index (χ1v) is 9.38. The number of aryl methyl sites for hydroxylation is 2. The second-order valence-electron chi connectivity index (χ2n) is 6.45. The molecule has 3 rings (SSSR count). The van der Waals surface area contributed by atoms with Crippen LogP contribution in [0.5, 0.6) is 0 Å². The van der Waals surface area contributed by atoms with Crippen molar-refractivity contribution in [2.75, 3.05) is 18.0 Å². The van der Waals surface area contributed by atoms with Crippen molar-refractivity contribution < 1.29 is 23.2 Å². The fraction of sp³-hybridized carbons (Fsp3) is 0.316. The number of anilines is 1. The summed E-state index contributed by atoms with van der Waals surface area (Å²) >= 11 is 3.44. The van der Waals surface area contributed by atoms with Crippen molar-refractivity contribution in [1.82, 2.24) is 10.5 Å². The minimum atomic E-state index is -0.574. The van der Waals surface area contributed by atoms with Crippen LogP contribution in [0.2, 0.25) is 0 Å². The lowest BCUT2D eigenvalue weighted by molar-refractivity contribution is -0.119. The standard InChI is InChI=1S/C19H19BrFN3O4/c1-10-18(11(2)28-23-10)16(20)6-13-4-5-14(7-17(13)21)24-9-15(27-19(24)26)8-22-12(3)25/h4-7,15H,8-9H2,1-3H3,(H,22,25)/b16-6-/t15-/m0/s1. The SMILES string of the molecule is CC(=O)NC[C@H]1CN(c2ccc(/C=C(\Br)c3c(C)noc3C)c(F)c2)C(=O)O1. The summed E-state index contributed by atoms with van der Waals surface area (Å²) in [4.78, 5) is 24.4. The van der Waals surface area contributed by atoms with Crippen LogP contribution in [-0.2, 0) is 9.53 Å². The van der Waals surface area contributed by atoms with E-state index in [0.717, 1.165) is 5.56 Å². The second kappa shape index (κ2) is 8.14. The number of nitrogens with zero attached hydrogens (tertiary/aromatic N) is 2. The van der Waals surface area contributed by atoms with Crippen molar-refractivity contribution in [3.8, 4) is 0 Å². The Balaban J connectivity index is 1.78. The van der Waals surface area contributed by atoms with E-state index < -0.39 is 18.0 Å². The Labute approximate surface area is 169 Å². The summed E-state index contributed by atoms with van der Waals surface area (Å²) in [5.74, 6) is -0.0671. The van der Waals surface area contributed by atoms with Crippen LogP contribution in [0.4, 0.5) is 14.9 Å². The van der Waals surface area contributed by atoms with E-state index in [9.17, 15) is 14.0 Å². The van der Waals surface area contributed by atoms with Crippen molar-refractivity contribution in [2.24, 2.45) is 0 Å². The monoisotopic (exact) mass is 451 g/mol. The molecule has 1 fully saturated rings. The van der Waals surface area contributed by atoms with E-state index in [1.54, 1.807) is 32.1 Å². The molecular weight excluding hydrogens is 433 g/mol. The van der Waals surface area contributed by atoms with Gasteiger partial charge in [-0.2, -0.15) is 0 Å². The molecule has 0 saturated carbocycles. The summed E-state index contributed by atoms with van der Waals surface area (Å²) in [6.07, 6.45) is 0.579. The van der Waals surface area contributed by atoms with Gasteiger partial charge in [-0.05, 0) is 54.1 Å². The van der Waals surface area contributed by atoms with Gasteiger partial charge in [-0.15, -0.1) is 0 Å². The molecule has 2 heterocycles. The number of nitrogens with one attached hydrogen (secondary N) is 1. The van der Waals surface area contributed by atoms with Crippen LogP contribution in [-0.4, -0.2) is 36.4 Å². The molecule has 0 radical (unpaired) electrons. The Morgan fingerprint density at radius 1 is 1.46 bits per heavy atom. The van der Waals surface area contributed by atoms with E-state index in [2.05, 4.69) is 26.4 Å². The van der Waals surface area contributed by atoms with Gasteiger partial charge in [-0.1, -0.05) is 5.16 Å². The minimum Gasteiger partial charge on any atom is -0.442 e. The Bertz CT molecular complexity index is 937. The summed E-state index contributed by atoms with van der Waals surface area (Å²) in [5, 5.41) is 6.49. The number of hydrogen-bond acceptors (Lipinski definition) is 5. The largest absolute Gasteiger partial charge is 0.442 e. The van der Waals surface area contributed by atoms with Gasteiger partial charge < -0.3 is 14.6 Å². The molecule has 28 heavy (non-hydrogen) atoms. The lowest BCUT2D eigenvalue weighted by Gasteiger charge is -2.14. The van der Waals surface area contributed by atoms with Crippen LogP contribution in [0.1, 0.15) is 29.5 Å². The summed E-state index contributed by atoms with van der Waals surface area (Å²) in [6, 6.07) is 4.50. The molecule has 2 amide bonds. The Morgan fingerprint density at radius 2 is 2.21 bits per heavy atom. The molecule has 9 heteroatoms. The molecule has 1 aliphatic rings. The van der Waals surface area contributed by atoms with Gasteiger partial charge in [0.25, 0.3) is 0 Å². The van der Waals surface area contributed by atoms with Gasteiger partial charge in [0.05, 0.1) is 30.0 Å². The topological polar surface area (TPSA) is 84.7 Å². The minimum absolute atomic E-state index is 0.208. The number of amides is 2. The number of halogens is 2. The highest BCUT2D eigenvalue weighted by Crippen LogP contribution is 2.31.